The second kappa shape index (κ2) is 5.27. The highest BCUT2D eigenvalue weighted by Gasteiger charge is 2.06. The second-order valence-corrected chi connectivity index (χ2v) is 4.56. The van der Waals surface area contributed by atoms with Gasteiger partial charge in [-0.15, -0.1) is 0 Å². The van der Waals surface area contributed by atoms with Crippen molar-refractivity contribution < 1.29 is 4.39 Å². The molecule has 0 aliphatic carbocycles. The SMILES string of the molecule is NCc1cccc(-c2cnc(-c3ccc(F)cc3)[nH]2)c1. The molecule has 3 rings (SSSR count). The van der Waals surface area contributed by atoms with Gasteiger partial charge in [-0.1, -0.05) is 18.2 Å². The number of aromatic nitrogens is 2. The zero-order valence-corrected chi connectivity index (χ0v) is 10.8. The first kappa shape index (κ1) is 12.6. The van der Waals surface area contributed by atoms with E-state index in [0.29, 0.717) is 6.54 Å². The molecule has 1 aromatic heterocycles. The van der Waals surface area contributed by atoms with Gasteiger partial charge >= 0.3 is 0 Å². The summed E-state index contributed by atoms with van der Waals surface area (Å²) >= 11 is 0. The fraction of sp³-hybridized carbons (Fsp3) is 0.0625. The van der Waals surface area contributed by atoms with Crippen LogP contribution in [-0.2, 0) is 6.54 Å². The summed E-state index contributed by atoms with van der Waals surface area (Å²) in [6.07, 6.45) is 1.77. The maximum atomic E-state index is 12.9. The molecule has 0 amide bonds. The molecule has 0 aliphatic rings. The summed E-state index contributed by atoms with van der Waals surface area (Å²) in [5.74, 6) is 0.467. The Kier molecular flexibility index (Phi) is 3.31. The zero-order valence-electron chi connectivity index (χ0n) is 10.8. The Bertz CT molecular complexity index is 717. The fourth-order valence-electron chi connectivity index (χ4n) is 2.09. The lowest BCUT2D eigenvalue weighted by molar-refractivity contribution is 0.628. The van der Waals surface area contributed by atoms with Crippen molar-refractivity contribution in [1.82, 2.24) is 9.97 Å². The van der Waals surface area contributed by atoms with E-state index in [-0.39, 0.29) is 5.82 Å². The van der Waals surface area contributed by atoms with Gasteiger partial charge in [-0.2, -0.15) is 0 Å². The summed E-state index contributed by atoms with van der Waals surface area (Å²) in [7, 11) is 0. The van der Waals surface area contributed by atoms with E-state index in [9.17, 15) is 4.39 Å². The van der Waals surface area contributed by atoms with Gasteiger partial charge in [0.05, 0.1) is 11.9 Å². The Morgan fingerprint density at radius 1 is 1.05 bits per heavy atom. The number of hydrogen-bond acceptors (Lipinski definition) is 2. The summed E-state index contributed by atoms with van der Waals surface area (Å²) in [6, 6.07) is 14.2. The highest BCUT2D eigenvalue weighted by Crippen LogP contribution is 2.23. The molecule has 3 nitrogen and oxygen atoms in total. The van der Waals surface area contributed by atoms with Gasteiger partial charge in [0, 0.05) is 12.1 Å². The van der Waals surface area contributed by atoms with E-state index in [1.54, 1.807) is 18.3 Å². The first-order chi connectivity index (χ1) is 9.76. The average molecular weight is 267 g/mol. The van der Waals surface area contributed by atoms with E-state index < -0.39 is 0 Å². The van der Waals surface area contributed by atoms with Gasteiger partial charge in [0.1, 0.15) is 11.6 Å². The minimum absolute atomic E-state index is 0.254. The molecule has 3 N–H and O–H groups in total. The van der Waals surface area contributed by atoms with Crippen molar-refractivity contribution in [1.29, 1.82) is 0 Å². The van der Waals surface area contributed by atoms with Crippen LogP contribution in [0.1, 0.15) is 5.56 Å². The van der Waals surface area contributed by atoms with Crippen molar-refractivity contribution in [2.24, 2.45) is 5.73 Å². The van der Waals surface area contributed by atoms with E-state index in [2.05, 4.69) is 9.97 Å². The maximum absolute atomic E-state index is 12.9. The van der Waals surface area contributed by atoms with Crippen LogP contribution >= 0.6 is 0 Å². The zero-order chi connectivity index (χ0) is 13.9. The maximum Gasteiger partial charge on any atom is 0.137 e. The van der Waals surface area contributed by atoms with Crippen molar-refractivity contribution in [2.45, 2.75) is 6.54 Å². The van der Waals surface area contributed by atoms with Crippen LogP contribution in [0, 0.1) is 5.82 Å². The van der Waals surface area contributed by atoms with Crippen molar-refractivity contribution in [3.05, 3.63) is 66.1 Å². The Morgan fingerprint density at radius 3 is 2.60 bits per heavy atom. The second-order valence-electron chi connectivity index (χ2n) is 4.56. The summed E-state index contributed by atoms with van der Waals surface area (Å²) < 4.78 is 12.9. The van der Waals surface area contributed by atoms with E-state index in [1.807, 2.05) is 24.3 Å². The molecule has 0 radical (unpaired) electrons. The quantitative estimate of drug-likeness (QED) is 0.764. The van der Waals surface area contributed by atoms with Crippen LogP contribution in [0.2, 0.25) is 0 Å². The summed E-state index contributed by atoms with van der Waals surface area (Å²) in [6.45, 7) is 0.507. The molecule has 4 heteroatoms. The van der Waals surface area contributed by atoms with Gasteiger partial charge in [0.15, 0.2) is 0 Å². The molecule has 100 valence electrons. The molecular formula is C16H14FN3. The fourth-order valence-corrected chi connectivity index (χ4v) is 2.09. The highest BCUT2D eigenvalue weighted by atomic mass is 19.1. The number of nitrogens with zero attached hydrogens (tertiary/aromatic N) is 1. The molecule has 2 aromatic carbocycles. The van der Waals surface area contributed by atoms with Crippen molar-refractivity contribution in [2.75, 3.05) is 0 Å². The molecule has 0 fully saturated rings. The van der Waals surface area contributed by atoms with Gasteiger partial charge in [0.2, 0.25) is 0 Å². The monoisotopic (exact) mass is 267 g/mol. The molecular weight excluding hydrogens is 253 g/mol. The van der Waals surface area contributed by atoms with Gasteiger partial charge in [-0.25, -0.2) is 9.37 Å². The van der Waals surface area contributed by atoms with Crippen molar-refractivity contribution in [3.63, 3.8) is 0 Å². The molecule has 0 unspecified atom stereocenters. The Morgan fingerprint density at radius 2 is 1.85 bits per heavy atom. The van der Waals surface area contributed by atoms with Crippen molar-refractivity contribution >= 4 is 0 Å². The lowest BCUT2D eigenvalue weighted by Gasteiger charge is -2.01. The first-order valence-electron chi connectivity index (χ1n) is 6.36. The normalized spacial score (nSPS) is 10.7. The van der Waals surface area contributed by atoms with E-state index in [0.717, 1.165) is 28.2 Å². The highest BCUT2D eigenvalue weighted by molar-refractivity contribution is 5.64. The van der Waals surface area contributed by atoms with Gasteiger partial charge in [-0.05, 0) is 41.5 Å². The number of nitrogens with one attached hydrogen (secondary N) is 1. The summed E-state index contributed by atoms with van der Waals surface area (Å²) in [4.78, 5) is 7.58. The van der Waals surface area contributed by atoms with E-state index in [1.165, 1.54) is 12.1 Å². The minimum Gasteiger partial charge on any atom is -0.338 e. The number of H-pyrrole nitrogens is 1. The van der Waals surface area contributed by atoms with Gasteiger partial charge in [0.25, 0.3) is 0 Å². The average Bonchev–Trinajstić information content (AvgIpc) is 2.98. The molecule has 0 saturated heterocycles. The van der Waals surface area contributed by atoms with Gasteiger partial charge < -0.3 is 10.7 Å². The standard InChI is InChI=1S/C16H14FN3/c17-14-6-4-12(5-7-14)16-19-10-15(20-16)13-3-1-2-11(8-13)9-18/h1-8,10H,9,18H2,(H,19,20). The molecule has 1 heterocycles. The molecule has 20 heavy (non-hydrogen) atoms. The Hall–Kier alpha value is -2.46. The molecule has 0 aliphatic heterocycles. The third-order valence-corrected chi connectivity index (χ3v) is 3.17. The number of imidazole rings is 1. The first-order valence-corrected chi connectivity index (χ1v) is 6.36. The van der Waals surface area contributed by atoms with E-state index >= 15 is 0 Å². The third kappa shape index (κ3) is 2.46. The largest absolute Gasteiger partial charge is 0.338 e. The van der Waals surface area contributed by atoms with E-state index in [4.69, 9.17) is 5.73 Å². The number of benzene rings is 2. The Labute approximate surface area is 116 Å². The van der Waals surface area contributed by atoms with Crippen LogP contribution < -0.4 is 5.73 Å². The van der Waals surface area contributed by atoms with Crippen LogP contribution in [0.3, 0.4) is 0 Å². The predicted octanol–water partition coefficient (Wildman–Crippen LogP) is 3.34. The lowest BCUT2D eigenvalue weighted by atomic mass is 10.1. The molecule has 0 atom stereocenters. The molecule has 3 aromatic rings. The van der Waals surface area contributed by atoms with Crippen LogP contribution in [0.25, 0.3) is 22.6 Å². The number of nitrogens with two attached hydrogens (primary N) is 1. The predicted molar refractivity (Wildman–Crippen MR) is 77.3 cm³/mol. The summed E-state index contributed by atoms with van der Waals surface area (Å²) in [5, 5.41) is 0. The van der Waals surface area contributed by atoms with Crippen LogP contribution in [0.5, 0.6) is 0 Å². The van der Waals surface area contributed by atoms with Gasteiger partial charge in [-0.3, -0.25) is 0 Å². The topological polar surface area (TPSA) is 54.7 Å². The lowest BCUT2D eigenvalue weighted by Crippen LogP contribution is -1.95. The van der Waals surface area contributed by atoms with Crippen LogP contribution in [0.4, 0.5) is 4.39 Å². The molecule has 0 saturated carbocycles. The third-order valence-electron chi connectivity index (χ3n) is 3.17. The van der Waals surface area contributed by atoms with Crippen LogP contribution in [0.15, 0.2) is 54.7 Å². The van der Waals surface area contributed by atoms with Crippen LogP contribution in [-0.4, -0.2) is 9.97 Å². The van der Waals surface area contributed by atoms with Crippen molar-refractivity contribution in [3.8, 4) is 22.6 Å². The summed E-state index contributed by atoms with van der Waals surface area (Å²) in [5.41, 5.74) is 9.52. The molecule has 0 spiro atoms. The minimum atomic E-state index is -0.254. The number of halogens is 1. The Balaban J connectivity index is 1.95. The number of aromatic amines is 1. The number of hydrogen-bond donors (Lipinski definition) is 2. The smallest absolute Gasteiger partial charge is 0.137 e. The molecule has 0 bridgehead atoms. The number of rotatable bonds is 3.